The summed E-state index contributed by atoms with van der Waals surface area (Å²) in [5.74, 6) is 1.13. The Balaban J connectivity index is 1.94. The minimum absolute atomic E-state index is 0.676. The molecule has 2 rings (SSSR count). The lowest BCUT2D eigenvalue weighted by Crippen LogP contribution is -2.23. The summed E-state index contributed by atoms with van der Waals surface area (Å²) in [5.41, 5.74) is 8.12. The Morgan fingerprint density at radius 3 is 3.13 bits per heavy atom. The van der Waals surface area contributed by atoms with Crippen LogP contribution < -0.4 is 11.1 Å². The Kier molecular flexibility index (Phi) is 3.54. The second-order valence-electron chi connectivity index (χ2n) is 4.15. The van der Waals surface area contributed by atoms with Gasteiger partial charge in [-0.25, -0.2) is 0 Å². The topological polar surface area (TPSA) is 38.0 Å². The Hall–Kier alpha value is -0.670. The number of nitrogen functional groups attached to an aromatic ring is 1. The van der Waals surface area contributed by atoms with E-state index in [1.165, 1.54) is 29.8 Å². The first-order chi connectivity index (χ1) is 7.25. The van der Waals surface area contributed by atoms with Crippen LogP contribution >= 0.6 is 11.8 Å². The molecule has 1 heterocycles. The molecule has 0 saturated carbocycles. The maximum Gasteiger partial charge on any atom is 0.0452 e. The van der Waals surface area contributed by atoms with Gasteiger partial charge in [-0.15, -0.1) is 11.8 Å². The fraction of sp³-hybridized carbons (Fsp3) is 0.500. The van der Waals surface area contributed by atoms with Gasteiger partial charge in [0.1, 0.15) is 0 Å². The monoisotopic (exact) mass is 222 g/mol. The lowest BCUT2D eigenvalue weighted by atomic mass is 10.2. The van der Waals surface area contributed by atoms with Crippen molar-refractivity contribution in [3.05, 3.63) is 23.8 Å². The van der Waals surface area contributed by atoms with E-state index in [0.29, 0.717) is 6.04 Å². The first-order valence-electron chi connectivity index (χ1n) is 5.48. The van der Waals surface area contributed by atoms with Gasteiger partial charge in [-0.2, -0.15) is 0 Å². The zero-order valence-electron chi connectivity index (χ0n) is 9.12. The molecule has 1 fully saturated rings. The van der Waals surface area contributed by atoms with Gasteiger partial charge in [0.25, 0.3) is 0 Å². The number of nitrogens with two attached hydrogens (primary N) is 1. The van der Waals surface area contributed by atoms with Gasteiger partial charge in [0.15, 0.2) is 0 Å². The van der Waals surface area contributed by atoms with E-state index in [9.17, 15) is 0 Å². The summed E-state index contributed by atoms with van der Waals surface area (Å²) in [7, 11) is 0. The number of thioether (sulfide) groups is 1. The van der Waals surface area contributed by atoms with Crippen LogP contribution in [0.3, 0.4) is 0 Å². The normalized spacial score (nSPS) is 20.7. The summed E-state index contributed by atoms with van der Waals surface area (Å²) in [6.07, 6.45) is 2.62. The van der Waals surface area contributed by atoms with Crippen molar-refractivity contribution < 1.29 is 0 Å². The third kappa shape index (κ3) is 2.89. The molecule has 1 unspecified atom stereocenters. The van der Waals surface area contributed by atoms with Gasteiger partial charge in [-0.05, 0) is 44.0 Å². The summed E-state index contributed by atoms with van der Waals surface area (Å²) in [6.45, 7) is 3.28. The van der Waals surface area contributed by atoms with Crippen LogP contribution in [0.5, 0.6) is 0 Å². The molecule has 3 N–H and O–H groups in total. The Morgan fingerprint density at radius 2 is 2.40 bits per heavy atom. The van der Waals surface area contributed by atoms with E-state index in [2.05, 4.69) is 24.4 Å². The van der Waals surface area contributed by atoms with E-state index >= 15 is 0 Å². The van der Waals surface area contributed by atoms with Crippen molar-refractivity contribution in [2.45, 2.75) is 30.7 Å². The zero-order valence-corrected chi connectivity index (χ0v) is 9.94. The number of hydrogen-bond acceptors (Lipinski definition) is 3. The molecule has 3 heteroatoms. The lowest BCUT2D eigenvalue weighted by Gasteiger charge is -2.11. The largest absolute Gasteiger partial charge is 0.398 e. The molecule has 0 spiro atoms. The van der Waals surface area contributed by atoms with Crippen LogP contribution in [0.2, 0.25) is 0 Å². The maximum atomic E-state index is 5.93. The molecular weight excluding hydrogens is 204 g/mol. The van der Waals surface area contributed by atoms with Crippen molar-refractivity contribution in [2.24, 2.45) is 0 Å². The van der Waals surface area contributed by atoms with Gasteiger partial charge in [0.2, 0.25) is 0 Å². The van der Waals surface area contributed by atoms with Gasteiger partial charge in [-0.3, -0.25) is 0 Å². The van der Waals surface area contributed by atoms with E-state index in [1.54, 1.807) is 0 Å². The molecule has 0 bridgehead atoms. The van der Waals surface area contributed by atoms with Crippen molar-refractivity contribution in [3.8, 4) is 0 Å². The molecule has 1 aromatic carbocycles. The molecule has 82 valence electrons. The molecule has 1 saturated heterocycles. The standard InChI is InChI=1S/C12H18N2S/c1-9-4-5-11(13)12(7-9)15-8-10-3-2-6-14-10/h4-5,7,10,14H,2-3,6,8,13H2,1H3. The predicted molar refractivity (Wildman–Crippen MR) is 67.3 cm³/mol. The summed E-state index contributed by atoms with van der Waals surface area (Å²) >= 11 is 1.87. The van der Waals surface area contributed by atoms with Gasteiger partial charge >= 0.3 is 0 Å². The Labute approximate surface area is 95.6 Å². The first-order valence-corrected chi connectivity index (χ1v) is 6.46. The summed E-state index contributed by atoms with van der Waals surface area (Å²) in [5, 5.41) is 3.50. The second-order valence-corrected chi connectivity index (χ2v) is 5.21. The van der Waals surface area contributed by atoms with Crippen molar-refractivity contribution in [1.82, 2.24) is 5.32 Å². The quantitative estimate of drug-likeness (QED) is 0.609. The van der Waals surface area contributed by atoms with Gasteiger partial charge in [0.05, 0.1) is 0 Å². The smallest absolute Gasteiger partial charge is 0.0452 e. The highest BCUT2D eigenvalue weighted by Crippen LogP contribution is 2.27. The molecule has 0 radical (unpaired) electrons. The van der Waals surface area contributed by atoms with Gasteiger partial charge in [-0.1, -0.05) is 6.07 Å². The fourth-order valence-corrected chi connectivity index (χ4v) is 3.03. The van der Waals surface area contributed by atoms with Crippen LogP contribution in [0, 0.1) is 6.92 Å². The minimum Gasteiger partial charge on any atom is -0.398 e. The van der Waals surface area contributed by atoms with Crippen molar-refractivity contribution in [1.29, 1.82) is 0 Å². The molecule has 1 aromatic rings. The number of anilines is 1. The van der Waals surface area contributed by atoms with Crippen molar-refractivity contribution in [3.63, 3.8) is 0 Å². The second kappa shape index (κ2) is 4.90. The molecule has 0 aliphatic carbocycles. The zero-order chi connectivity index (χ0) is 10.7. The first kappa shape index (κ1) is 10.8. The summed E-state index contributed by atoms with van der Waals surface area (Å²) in [4.78, 5) is 1.23. The highest BCUT2D eigenvalue weighted by Gasteiger charge is 2.14. The molecule has 1 aliphatic heterocycles. The Bertz CT molecular complexity index is 332. The molecule has 2 nitrogen and oxygen atoms in total. The molecule has 0 amide bonds. The molecule has 1 aliphatic rings. The minimum atomic E-state index is 0.676. The van der Waals surface area contributed by atoms with E-state index in [0.717, 1.165) is 11.4 Å². The summed E-state index contributed by atoms with van der Waals surface area (Å²) < 4.78 is 0. The van der Waals surface area contributed by atoms with Crippen LogP contribution in [0.1, 0.15) is 18.4 Å². The lowest BCUT2D eigenvalue weighted by molar-refractivity contribution is 0.674. The van der Waals surface area contributed by atoms with E-state index < -0.39 is 0 Å². The fourth-order valence-electron chi connectivity index (χ4n) is 1.86. The predicted octanol–water partition coefficient (Wildman–Crippen LogP) is 2.42. The highest BCUT2D eigenvalue weighted by atomic mass is 32.2. The number of hydrogen-bond donors (Lipinski definition) is 2. The Morgan fingerprint density at radius 1 is 1.53 bits per heavy atom. The third-order valence-corrected chi connectivity index (χ3v) is 4.01. The highest BCUT2D eigenvalue weighted by molar-refractivity contribution is 7.99. The SMILES string of the molecule is Cc1ccc(N)c(SCC2CCCN2)c1. The average molecular weight is 222 g/mol. The number of benzene rings is 1. The van der Waals surface area contributed by atoms with Crippen LogP contribution in [0.4, 0.5) is 5.69 Å². The number of aryl methyl sites for hydroxylation is 1. The maximum absolute atomic E-state index is 5.93. The van der Waals surface area contributed by atoms with Crippen LogP contribution in [-0.4, -0.2) is 18.3 Å². The number of nitrogens with one attached hydrogen (secondary N) is 1. The summed E-state index contributed by atoms with van der Waals surface area (Å²) in [6, 6.07) is 6.91. The van der Waals surface area contributed by atoms with Crippen molar-refractivity contribution in [2.75, 3.05) is 18.0 Å². The van der Waals surface area contributed by atoms with Gasteiger partial charge < -0.3 is 11.1 Å². The molecule has 0 aromatic heterocycles. The van der Waals surface area contributed by atoms with Crippen molar-refractivity contribution >= 4 is 17.4 Å². The van der Waals surface area contributed by atoms with E-state index in [4.69, 9.17) is 5.73 Å². The van der Waals surface area contributed by atoms with Crippen LogP contribution in [0.15, 0.2) is 23.1 Å². The average Bonchev–Trinajstić information content (AvgIpc) is 2.72. The number of rotatable bonds is 3. The molecule has 1 atom stereocenters. The van der Waals surface area contributed by atoms with E-state index in [1.807, 2.05) is 17.8 Å². The third-order valence-electron chi connectivity index (χ3n) is 2.77. The van der Waals surface area contributed by atoms with Gasteiger partial charge in [0, 0.05) is 22.4 Å². The molecule has 15 heavy (non-hydrogen) atoms. The molecular formula is C12H18N2S. The van der Waals surface area contributed by atoms with E-state index in [-0.39, 0.29) is 0 Å². The van der Waals surface area contributed by atoms with Crippen LogP contribution in [0.25, 0.3) is 0 Å². The van der Waals surface area contributed by atoms with Crippen LogP contribution in [-0.2, 0) is 0 Å².